The zero-order chi connectivity index (χ0) is 10.6. The van der Waals surface area contributed by atoms with Gasteiger partial charge in [0.1, 0.15) is 0 Å². The van der Waals surface area contributed by atoms with Gasteiger partial charge in [0.05, 0.1) is 11.8 Å². The Morgan fingerprint density at radius 1 is 1.71 bits per heavy atom. The van der Waals surface area contributed by atoms with E-state index in [9.17, 15) is 0 Å². The first-order chi connectivity index (χ1) is 6.63. The van der Waals surface area contributed by atoms with Gasteiger partial charge in [0.15, 0.2) is 5.82 Å². The molecule has 1 aromatic rings. The van der Waals surface area contributed by atoms with Crippen molar-refractivity contribution in [2.45, 2.75) is 20.0 Å². The van der Waals surface area contributed by atoms with Crippen LogP contribution in [0.2, 0.25) is 0 Å². The monoisotopic (exact) mass is 198 g/mol. The summed E-state index contributed by atoms with van der Waals surface area (Å²) in [6.45, 7) is 5.43. The van der Waals surface area contributed by atoms with Gasteiger partial charge in [-0.2, -0.15) is 5.10 Å². The quantitative estimate of drug-likeness (QED) is 0.735. The summed E-state index contributed by atoms with van der Waals surface area (Å²) in [5, 5.41) is 7.30. The molecule has 80 valence electrons. The van der Waals surface area contributed by atoms with Crippen LogP contribution in [0.15, 0.2) is 6.20 Å². The Labute approximate surface area is 84.2 Å². The highest BCUT2D eigenvalue weighted by Gasteiger charge is 2.05. The predicted octanol–water partition coefficient (Wildman–Crippen LogP) is 0.839. The van der Waals surface area contributed by atoms with Crippen molar-refractivity contribution < 1.29 is 4.74 Å². The van der Waals surface area contributed by atoms with Crippen molar-refractivity contribution in [3.05, 3.63) is 6.20 Å². The van der Waals surface area contributed by atoms with Gasteiger partial charge in [-0.3, -0.25) is 4.68 Å². The Morgan fingerprint density at radius 3 is 2.93 bits per heavy atom. The fourth-order valence-electron chi connectivity index (χ4n) is 1.23. The average molecular weight is 198 g/mol. The number of ether oxygens (including phenoxy) is 1. The predicted molar refractivity (Wildman–Crippen MR) is 57.2 cm³/mol. The number of anilines is 2. The van der Waals surface area contributed by atoms with Crippen LogP contribution in [0, 0.1) is 0 Å². The Kier molecular flexibility index (Phi) is 3.76. The molecule has 0 amide bonds. The number of hydrogen-bond acceptors (Lipinski definition) is 4. The summed E-state index contributed by atoms with van der Waals surface area (Å²) < 4.78 is 7.06. The van der Waals surface area contributed by atoms with Crippen molar-refractivity contribution in [1.29, 1.82) is 0 Å². The smallest absolute Gasteiger partial charge is 0.171 e. The molecular formula is C9H18N4O. The normalized spacial score (nSPS) is 12.8. The van der Waals surface area contributed by atoms with E-state index in [1.165, 1.54) is 0 Å². The van der Waals surface area contributed by atoms with Gasteiger partial charge in [0, 0.05) is 26.4 Å². The lowest BCUT2D eigenvalue weighted by atomic mass is 10.4. The van der Waals surface area contributed by atoms with Gasteiger partial charge >= 0.3 is 0 Å². The van der Waals surface area contributed by atoms with E-state index in [1.54, 1.807) is 10.9 Å². The molecule has 0 aliphatic rings. The number of nitrogen functional groups attached to an aromatic ring is 1. The third-order valence-electron chi connectivity index (χ3n) is 1.87. The molecule has 1 heterocycles. The molecule has 1 atom stereocenters. The van der Waals surface area contributed by atoms with E-state index in [4.69, 9.17) is 10.5 Å². The number of hydrogen-bond donors (Lipinski definition) is 2. The number of rotatable bonds is 5. The largest absolute Gasteiger partial charge is 0.394 e. The molecule has 5 nitrogen and oxygen atoms in total. The first-order valence-corrected chi connectivity index (χ1v) is 4.78. The van der Waals surface area contributed by atoms with E-state index in [0.717, 1.165) is 19.0 Å². The lowest BCUT2D eigenvalue weighted by molar-refractivity contribution is 0.0855. The van der Waals surface area contributed by atoms with Gasteiger partial charge in [-0.05, 0) is 13.8 Å². The summed E-state index contributed by atoms with van der Waals surface area (Å²) >= 11 is 0. The maximum Gasteiger partial charge on any atom is 0.171 e. The van der Waals surface area contributed by atoms with Crippen LogP contribution in [-0.4, -0.2) is 29.0 Å². The Morgan fingerprint density at radius 2 is 2.43 bits per heavy atom. The number of aromatic nitrogens is 2. The maximum atomic E-state index is 5.71. The van der Waals surface area contributed by atoms with Gasteiger partial charge < -0.3 is 15.8 Å². The highest BCUT2D eigenvalue weighted by Crippen LogP contribution is 2.13. The lowest BCUT2D eigenvalue weighted by Crippen LogP contribution is -2.20. The van der Waals surface area contributed by atoms with Gasteiger partial charge in [0.25, 0.3) is 0 Å². The number of nitrogens with one attached hydrogen (secondary N) is 1. The van der Waals surface area contributed by atoms with Crippen LogP contribution < -0.4 is 11.1 Å². The number of nitrogens with zero attached hydrogens (tertiary/aromatic N) is 2. The van der Waals surface area contributed by atoms with E-state index < -0.39 is 0 Å². The molecule has 0 radical (unpaired) electrons. The number of aryl methyl sites for hydroxylation is 1. The minimum Gasteiger partial charge on any atom is -0.394 e. The van der Waals surface area contributed by atoms with E-state index >= 15 is 0 Å². The van der Waals surface area contributed by atoms with Crippen LogP contribution in [0.3, 0.4) is 0 Å². The van der Waals surface area contributed by atoms with Crippen molar-refractivity contribution in [1.82, 2.24) is 9.78 Å². The van der Waals surface area contributed by atoms with Crippen LogP contribution in [0.25, 0.3) is 0 Å². The molecule has 1 rings (SSSR count). The van der Waals surface area contributed by atoms with E-state index in [2.05, 4.69) is 10.4 Å². The summed E-state index contributed by atoms with van der Waals surface area (Å²) in [6.07, 6.45) is 1.94. The highest BCUT2D eigenvalue weighted by atomic mass is 16.5. The van der Waals surface area contributed by atoms with Crippen LogP contribution in [0.5, 0.6) is 0 Å². The lowest BCUT2D eigenvalue weighted by Gasteiger charge is -2.12. The molecule has 3 N–H and O–H groups in total. The molecular weight excluding hydrogens is 180 g/mol. The zero-order valence-corrected chi connectivity index (χ0v) is 8.95. The molecule has 0 fully saturated rings. The first kappa shape index (κ1) is 10.8. The Hall–Kier alpha value is -1.23. The van der Waals surface area contributed by atoms with Gasteiger partial charge in [-0.15, -0.1) is 0 Å². The molecule has 0 saturated heterocycles. The minimum absolute atomic E-state index is 0.168. The first-order valence-electron chi connectivity index (χ1n) is 4.78. The molecule has 0 spiro atoms. The highest BCUT2D eigenvalue weighted by molar-refractivity contribution is 5.59. The average Bonchev–Trinajstić information content (AvgIpc) is 2.42. The third kappa shape index (κ3) is 2.92. The molecule has 1 aromatic heterocycles. The second-order valence-corrected chi connectivity index (χ2v) is 3.25. The molecule has 0 saturated carbocycles. The number of nitrogens with two attached hydrogens (primary N) is 1. The minimum atomic E-state index is 0.168. The molecule has 14 heavy (non-hydrogen) atoms. The standard InChI is InChI=1S/C9H18N4O/c1-4-14-7(2)5-11-9-8(10)6-13(3)12-9/h6-7H,4-5,10H2,1-3H3,(H,11,12). The van der Waals surface area contributed by atoms with Crippen LogP contribution in [-0.2, 0) is 11.8 Å². The topological polar surface area (TPSA) is 65.1 Å². The van der Waals surface area contributed by atoms with E-state index in [-0.39, 0.29) is 6.10 Å². The molecule has 0 aliphatic carbocycles. The molecule has 0 aromatic carbocycles. The third-order valence-corrected chi connectivity index (χ3v) is 1.87. The van der Waals surface area contributed by atoms with Crippen molar-refractivity contribution in [3.63, 3.8) is 0 Å². The molecule has 0 bridgehead atoms. The SMILES string of the molecule is CCOC(C)CNc1nn(C)cc1N. The second-order valence-electron chi connectivity index (χ2n) is 3.25. The summed E-state index contributed by atoms with van der Waals surface area (Å²) in [5.74, 6) is 0.721. The van der Waals surface area contributed by atoms with Gasteiger partial charge in [-0.25, -0.2) is 0 Å². The van der Waals surface area contributed by atoms with Crippen LogP contribution in [0.1, 0.15) is 13.8 Å². The summed E-state index contributed by atoms with van der Waals surface area (Å²) in [7, 11) is 1.84. The van der Waals surface area contributed by atoms with E-state index in [0.29, 0.717) is 5.69 Å². The van der Waals surface area contributed by atoms with Crippen LogP contribution in [0.4, 0.5) is 11.5 Å². The Balaban J connectivity index is 2.41. The summed E-state index contributed by atoms with van der Waals surface area (Å²) in [5.41, 5.74) is 6.38. The van der Waals surface area contributed by atoms with Crippen molar-refractivity contribution in [2.75, 3.05) is 24.2 Å². The molecule has 1 unspecified atom stereocenters. The summed E-state index contributed by atoms with van der Waals surface area (Å²) in [6, 6.07) is 0. The van der Waals surface area contributed by atoms with Crippen LogP contribution >= 0.6 is 0 Å². The van der Waals surface area contributed by atoms with E-state index in [1.807, 2.05) is 20.9 Å². The zero-order valence-electron chi connectivity index (χ0n) is 8.95. The van der Waals surface area contributed by atoms with Crippen molar-refractivity contribution in [3.8, 4) is 0 Å². The second kappa shape index (κ2) is 4.85. The maximum absolute atomic E-state index is 5.71. The van der Waals surface area contributed by atoms with Crippen molar-refractivity contribution >= 4 is 11.5 Å². The molecule has 5 heteroatoms. The Bertz CT molecular complexity index is 284. The summed E-state index contributed by atoms with van der Waals surface area (Å²) in [4.78, 5) is 0. The fourth-order valence-corrected chi connectivity index (χ4v) is 1.23. The van der Waals surface area contributed by atoms with Gasteiger partial charge in [-0.1, -0.05) is 0 Å². The van der Waals surface area contributed by atoms with Crippen molar-refractivity contribution in [2.24, 2.45) is 7.05 Å². The molecule has 0 aliphatic heterocycles. The fraction of sp³-hybridized carbons (Fsp3) is 0.667. The van der Waals surface area contributed by atoms with Gasteiger partial charge in [0.2, 0.25) is 0 Å².